The molecule has 248 valence electrons. The third-order valence-electron chi connectivity index (χ3n) is 10.8. The van der Waals surface area contributed by atoms with Gasteiger partial charge < -0.3 is 13.7 Å². The summed E-state index contributed by atoms with van der Waals surface area (Å²) in [6, 6.07) is 67.3. The first kappa shape index (κ1) is 29.6. The van der Waals surface area contributed by atoms with Gasteiger partial charge in [0.25, 0.3) is 0 Å². The Morgan fingerprint density at radius 2 is 1.02 bits per heavy atom. The molecule has 0 fully saturated rings. The molecular weight excluding hydrogens is 645 g/mol. The van der Waals surface area contributed by atoms with Crippen LogP contribution in [0.5, 0.6) is 0 Å². The van der Waals surface area contributed by atoms with Crippen molar-refractivity contribution < 1.29 is 4.42 Å². The Morgan fingerprint density at radius 1 is 0.396 bits per heavy atom. The lowest BCUT2D eigenvalue weighted by atomic mass is 9.99. The van der Waals surface area contributed by atoms with E-state index in [0.29, 0.717) is 0 Å². The van der Waals surface area contributed by atoms with Gasteiger partial charge in [0, 0.05) is 55.8 Å². The molecule has 0 spiro atoms. The monoisotopic (exact) mass is 676 g/mol. The molecule has 3 heterocycles. The predicted octanol–water partition coefficient (Wildman–Crippen LogP) is 14.1. The number of aromatic nitrogens is 1. The minimum absolute atomic E-state index is 0.858. The molecule has 0 saturated carbocycles. The summed E-state index contributed by atoms with van der Waals surface area (Å²) >= 11 is 0. The molecule has 0 unspecified atom stereocenters. The maximum Gasteiger partial charge on any atom is 0.137 e. The van der Waals surface area contributed by atoms with Crippen molar-refractivity contribution in [2.45, 2.75) is 0 Å². The van der Waals surface area contributed by atoms with E-state index in [0.717, 1.165) is 44.6 Å². The molecule has 0 atom stereocenters. The molecule has 3 nitrogen and oxygen atoms in total. The highest BCUT2D eigenvalue weighted by Crippen LogP contribution is 2.47. The standard InChI is InChI=1S/C50H32N2O/c1-3-14-33(15-4-1)36-26-28-40-41-29-27-37(31-48(41)53-47(40)30-36)52(45-25-13-19-34-16-7-8-20-38(34)45)46-32-51-44-24-12-11-23-43(44)49(35-17-5-2-6-18-35)50(51)42-22-10-9-21-39(42)46/h1-32H. The molecule has 0 aliphatic heterocycles. The molecule has 8 aromatic carbocycles. The number of anilines is 3. The number of hydrogen-bond acceptors (Lipinski definition) is 2. The molecular formula is C50H32N2O. The van der Waals surface area contributed by atoms with E-state index >= 15 is 0 Å². The molecule has 3 heteroatoms. The van der Waals surface area contributed by atoms with Gasteiger partial charge in [-0.15, -0.1) is 0 Å². The molecule has 0 N–H and O–H groups in total. The van der Waals surface area contributed by atoms with Crippen molar-refractivity contribution in [3.8, 4) is 22.3 Å². The van der Waals surface area contributed by atoms with Gasteiger partial charge in [0.2, 0.25) is 0 Å². The third kappa shape index (κ3) is 4.61. The van der Waals surface area contributed by atoms with Crippen molar-refractivity contribution in [1.29, 1.82) is 0 Å². The summed E-state index contributed by atoms with van der Waals surface area (Å²) in [4.78, 5) is 2.42. The summed E-state index contributed by atoms with van der Waals surface area (Å²) in [5.41, 5.74) is 12.1. The second-order valence-corrected chi connectivity index (χ2v) is 13.7. The zero-order valence-electron chi connectivity index (χ0n) is 28.8. The third-order valence-corrected chi connectivity index (χ3v) is 10.8. The van der Waals surface area contributed by atoms with Crippen LogP contribution in [0, 0.1) is 0 Å². The van der Waals surface area contributed by atoms with Crippen LogP contribution in [0.1, 0.15) is 0 Å². The molecule has 53 heavy (non-hydrogen) atoms. The van der Waals surface area contributed by atoms with Crippen molar-refractivity contribution in [3.63, 3.8) is 0 Å². The molecule has 0 radical (unpaired) electrons. The second-order valence-electron chi connectivity index (χ2n) is 13.7. The lowest BCUT2D eigenvalue weighted by molar-refractivity contribution is 0.669. The van der Waals surface area contributed by atoms with E-state index in [2.05, 4.69) is 197 Å². The van der Waals surface area contributed by atoms with Gasteiger partial charge in [0.1, 0.15) is 11.2 Å². The van der Waals surface area contributed by atoms with Crippen LogP contribution >= 0.6 is 0 Å². The number of hydrogen-bond donors (Lipinski definition) is 0. The Kier molecular flexibility index (Phi) is 6.55. The fraction of sp³-hybridized carbons (Fsp3) is 0. The van der Waals surface area contributed by atoms with Crippen LogP contribution in [0.4, 0.5) is 17.1 Å². The van der Waals surface area contributed by atoms with Crippen molar-refractivity contribution in [2.75, 3.05) is 4.90 Å². The van der Waals surface area contributed by atoms with E-state index in [1.807, 2.05) is 6.07 Å². The molecule has 0 aliphatic carbocycles. The van der Waals surface area contributed by atoms with Crippen LogP contribution in [-0.2, 0) is 0 Å². The SMILES string of the molecule is c1ccc(-c2ccc3c(c2)oc2cc(N(c4cccc5ccccc45)c4cn5c6ccccc6c(-c6ccccc6)c5c5ccccc45)ccc23)cc1. The van der Waals surface area contributed by atoms with E-state index in [4.69, 9.17) is 4.42 Å². The lowest BCUT2D eigenvalue weighted by Gasteiger charge is -2.28. The Labute approximate surface area is 306 Å². The summed E-state index contributed by atoms with van der Waals surface area (Å²) in [6.45, 7) is 0. The number of rotatable bonds is 5. The Bertz CT molecular complexity index is 3170. The van der Waals surface area contributed by atoms with Crippen LogP contribution in [-0.4, -0.2) is 4.40 Å². The van der Waals surface area contributed by atoms with Crippen molar-refractivity contribution in [2.24, 2.45) is 0 Å². The molecule has 0 saturated heterocycles. The van der Waals surface area contributed by atoms with E-state index in [1.165, 1.54) is 54.7 Å². The topological polar surface area (TPSA) is 20.8 Å². The van der Waals surface area contributed by atoms with Crippen LogP contribution < -0.4 is 4.90 Å². The highest BCUT2D eigenvalue weighted by Gasteiger charge is 2.24. The smallest absolute Gasteiger partial charge is 0.137 e. The highest BCUT2D eigenvalue weighted by atomic mass is 16.3. The summed E-state index contributed by atoms with van der Waals surface area (Å²) in [6.07, 6.45) is 2.34. The number of fused-ring (bicyclic) bond motifs is 9. The van der Waals surface area contributed by atoms with Gasteiger partial charge in [0.15, 0.2) is 0 Å². The molecule has 0 bridgehead atoms. The van der Waals surface area contributed by atoms with Crippen LogP contribution in [0.2, 0.25) is 0 Å². The fourth-order valence-corrected chi connectivity index (χ4v) is 8.37. The van der Waals surface area contributed by atoms with E-state index in [9.17, 15) is 0 Å². The van der Waals surface area contributed by atoms with Gasteiger partial charge in [-0.1, -0.05) is 146 Å². The average Bonchev–Trinajstić information content (AvgIpc) is 3.77. The van der Waals surface area contributed by atoms with Gasteiger partial charge in [0.05, 0.1) is 22.4 Å². The first-order chi connectivity index (χ1) is 26.3. The fourth-order valence-electron chi connectivity index (χ4n) is 8.37. The Balaban J connectivity index is 1.21. The number of benzene rings is 8. The van der Waals surface area contributed by atoms with Gasteiger partial charge in [-0.2, -0.15) is 0 Å². The van der Waals surface area contributed by atoms with Crippen molar-refractivity contribution in [1.82, 2.24) is 4.40 Å². The van der Waals surface area contributed by atoms with E-state index in [-0.39, 0.29) is 0 Å². The number of para-hydroxylation sites is 1. The zero-order valence-corrected chi connectivity index (χ0v) is 28.8. The van der Waals surface area contributed by atoms with Crippen LogP contribution in [0.25, 0.3) is 82.2 Å². The van der Waals surface area contributed by atoms with Gasteiger partial charge in [-0.05, 0) is 58.5 Å². The predicted molar refractivity (Wildman–Crippen MR) is 223 cm³/mol. The first-order valence-electron chi connectivity index (χ1n) is 18.1. The molecule has 11 rings (SSSR count). The van der Waals surface area contributed by atoms with E-state index < -0.39 is 0 Å². The quantitative estimate of drug-likeness (QED) is 0.181. The average molecular weight is 677 g/mol. The normalized spacial score (nSPS) is 11.8. The first-order valence-corrected chi connectivity index (χ1v) is 18.1. The number of nitrogens with zero attached hydrogens (tertiary/aromatic N) is 2. The summed E-state index contributed by atoms with van der Waals surface area (Å²) in [7, 11) is 0. The maximum atomic E-state index is 6.70. The van der Waals surface area contributed by atoms with Gasteiger partial charge in [-0.3, -0.25) is 0 Å². The maximum absolute atomic E-state index is 6.70. The summed E-state index contributed by atoms with van der Waals surface area (Å²) in [5.74, 6) is 0. The van der Waals surface area contributed by atoms with E-state index in [1.54, 1.807) is 0 Å². The number of pyridine rings is 1. The molecule has 0 amide bonds. The lowest BCUT2D eigenvalue weighted by Crippen LogP contribution is -2.12. The van der Waals surface area contributed by atoms with Crippen molar-refractivity contribution >= 4 is 77.0 Å². The molecule has 11 aromatic rings. The van der Waals surface area contributed by atoms with Crippen LogP contribution in [0.3, 0.4) is 0 Å². The highest BCUT2D eigenvalue weighted by molar-refractivity contribution is 6.18. The largest absolute Gasteiger partial charge is 0.456 e. The van der Waals surface area contributed by atoms with Crippen LogP contribution in [0.15, 0.2) is 199 Å². The molecule has 0 aliphatic rings. The number of furan rings is 1. The minimum Gasteiger partial charge on any atom is -0.456 e. The summed E-state index contributed by atoms with van der Waals surface area (Å²) in [5, 5.41) is 8.19. The zero-order chi connectivity index (χ0) is 34.9. The second kappa shape index (κ2) is 11.7. The summed E-state index contributed by atoms with van der Waals surface area (Å²) < 4.78 is 9.10. The van der Waals surface area contributed by atoms with Gasteiger partial charge in [-0.25, -0.2) is 0 Å². The molecule has 3 aromatic heterocycles. The van der Waals surface area contributed by atoms with Crippen molar-refractivity contribution in [3.05, 3.63) is 194 Å². The Morgan fingerprint density at radius 3 is 1.83 bits per heavy atom. The minimum atomic E-state index is 0.858. The van der Waals surface area contributed by atoms with Gasteiger partial charge >= 0.3 is 0 Å². The Hall–Kier alpha value is -7.10.